The van der Waals surface area contributed by atoms with Crippen molar-refractivity contribution in [2.75, 3.05) is 32.8 Å². The van der Waals surface area contributed by atoms with E-state index in [4.69, 9.17) is 23.1 Å². The summed E-state index contributed by atoms with van der Waals surface area (Å²) < 4.78 is 33.4. The highest BCUT2D eigenvalue weighted by atomic mass is 31.2. The first-order valence-corrected chi connectivity index (χ1v) is 15.6. The van der Waals surface area contributed by atoms with Gasteiger partial charge in [-0.2, -0.15) is 9.05 Å². The molecule has 0 saturated carbocycles. The number of quaternary nitrogens is 1. The van der Waals surface area contributed by atoms with Crippen molar-refractivity contribution in [1.82, 2.24) is 19.1 Å². The smallest absolute Gasteiger partial charge is 0.394 e. The summed E-state index contributed by atoms with van der Waals surface area (Å²) in [5.74, 6) is 0. The predicted molar refractivity (Wildman–Crippen MR) is 154 cm³/mol. The van der Waals surface area contributed by atoms with Crippen molar-refractivity contribution in [2.45, 2.75) is 84.3 Å². The van der Waals surface area contributed by atoms with E-state index in [1.54, 1.807) is 13.8 Å². The second-order valence-electron chi connectivity index (χ2n) is 10.8. The molecule has 43 heavy (non-hydrogen) atoms. The van der Waals surface area contributed by atoms with E-state index >= 15 is 0 Å². The fourth-order valence-electron chi connectivity index (χ4n) is 5.17. The fraction of sp³-hybridized carbons (Fsp3) is 0.692. The number of ether oxygens (including phenoxy) is 2. The summed E-state index contributed by atoms with van der Waals surface area (Å²) in [6.45, 7) is 10.4. The van der Waals surface area contributed by atoms with Crippen molar-refractivity contribution in [3.05, 3.63) is 65.2 Å². The molecule has 240 valence electrons. The average molecular weight is 632 g/mol. The zero-order valence-corrected chi connectivity index (χ0v) is 26.0. The number of rotatable bonds is 13. The molecule has 2 fully saturated rings. The summed E-state index contributed by atoms with van der Waals surface area (Å²) in [6, 6.07) is 0. The zero-order chi connectivity index (χ0) is 31.5. The molecule has 4 N–H and O–H groups in total. The van der Waals surface area contributed by atoms with Crippen LogP contribution in [0.25, 0.3) is 0 Å². The molecule has 4 heterocycles. The lowest BCUT2D eigenvalue weighted by molar-refractivity contribution is -1.08. The van der Waals surface area contributed by atoms with Gasteiger partial charge in [0.25, 0.3) is 11.1 Å². The lowest BCUT2D eigenvalue weighted by Crippen LogP contribution is -2.46. The van der Waals surface area contributed by atoms with Gasteiger partial charge in [0.1, 0.15) is 57.0 Å². The lowest BCUT2D eigenvalue weighted by atomic mass is 10.2. The minimum atomic E-state index is -2.57. The van der Waals surface area contributed by atoms with Crippen LogP contribution in [0, 0.1) is 13.8 Å². The van der Waals surface area contributed by atoms with E-state index in [0.717, 1.165) is 0 Å². The number of aliphatic hydroxyl groups is 2. The van der Waals surface area contributed by atoms with E-state index in [0.29, 0.717) is 30.8 Å². The number of aromatic amines is 2. The van der Waals surface area contributed by atoms with Crippen LogP contribution in [0.1, 0.15) is 57.2 Å². The van der Waals surface area contributed by atoms with Crippen LogP contribution >= 0.6 is 8.60 Å². The Morgan fingerprint density at radius 3 is 1.93 bits per heavy atom. The SMILES string of the molecule is CC[N+](CC)(CC)O[PH+](OC[C@H]1O[C@@H](n2cc(C)c(=O)[nH]c2=O)C[C@@H]1O)O[C@H]1C[C@H](n2cc(C)c(=O)[nH]c2=O)O[C@@H]1CO. The minimum absolute atomic E-state index is 0.0974. The van der Waals surface area contributed by atoms with Gasteiger partial charge in [0.2, 0.25) is 0 Å². The molecule has 0 aliphatic carbocycles. The van der Waals surface area contributed by atoms with Crippen LogP contribution < -0.4 is 22.5 Å². The number of aryl methyl sites for hydroxylation is 2. The molecule has 0 amide bonds. The van der Waals surface area contributed by atoms with Crippen LogP contribution in [0.5, 0.6) is 0 Å². The van der Waals surface area contributed by atoms with Gasteiger partial charge in [-0.1, -0.05) is 0 Å². The van der Waals surface area contributed by atoms with Gasteiger partial charge < -0.3 is 19.7 Å². The first-order chi connectivity index (χ1) is 20.4. The number of aromatic nitrogens is 4. The summed E-state index contributed by atoms with van der Waals surface area (Å²) in [4.78, 5) is 52.9. The Labute approximate surface area is 248 Å². The number of hydrogen-bond donors (Lipinski definition) is 4. The second-order valence-corrected chi connectivity index (χ2v) is 12.0. The van der Waals surface area contributed by atoms with Gasteiger partial charge in [-0.15, -0.1) is 4.65 Å². The highest BCUT2D eigenvalue weighted by Gasteiger charge is 2.47. The standard InChI is InChI=1S/C26H40N5O11P/c1-6-31(7-2,8-3)42-43(38-14-20-17(33)9-21(40-20)29-11-15(4)23(34)27-25(29)36)41-18-10-22(39-19(18)13-32)30-12-16(5)24(35)28-26(30)37/h11-12,17-22,32-33,43H,6-10,13-14H2,1-5H3/p+2/t17-,18-,19+,20+,21+,22+/m0/s1. The normalized spacial score (nSPS) is 26.7. The lowest BCUT2D eigenvalue weighted by Gasteiger charge is -2.30. The Morgan fingerprint density at radius 1 is 0.907 bits per heavy atom. The highest BCUT2D eigenvalue weighted by Crippen LogP contribution is 2.48. The number of H-pyrrole nitrogens is 2. The van der Waals surface area contributed by atoms with Crippen LogP contribution in [0.15, 0.2) is 31.6 Å². The molecular weight excluding hydrogens is 589 g/mol. The molecule has 2 aliphatic heterocycles. The summed E-state index contributed by atoms with van der Waals surface area (Å²) >= 11 is 0. The van der Waals surface area contributed by atoms with E-state index in [-0.39, 0.29) is 24.1 Å². The van der Waals surface area contributed by atoms with Crippen LogP contribution in [-0.2, 0) is 23.1 Å². The van der Waals surface area contributed by atoms with Crippen molar-refractivity contribution in [1.29, 1.82) is 0 Å². The Bertz CT molecular complexity index is 1480. The molecule has 16 nitrogen and oxygen atoms in total. The zero-order valence-electron chi connectivity index (χ0n) is 25.0. The molecule has 4 rings (SSSR count). The van der Waals surface area contributed by atoms with Gasteiger partial charge >= 0.3 is 20.0 Å². The molecule has 2 aromatic heterocycles. The van der Waals surface area contributed by atoms with Crippen LogP contribution in [0.4, 0.5) is 0 Å². The molecule has 2 aromatic rings. The highest BCUT2D eigenvalue weighted by molar-refractivity contribution is 7.41. The van der Waals surface area contributed by atoms with E-state index in [1.807, 2.05) is 20.8 Å². The third-order valence-electron chi connectivity index (χ3n) is 8.09. The second kappa shape index (κ2) is 14.1. The molecule has 0 aromatic carbocycles. The van der Waals surface area contributed by atoms with Gasteiger partial charge in [0.15, 0.2) is 0 Å². The molecule has 7 atom stereocenters. The third kappa shape index (κ3) is 7.41. The van der Waals surface area contributed by atoms with Crippen molar-refractivity contribution in [3.8, 4) is 0 Å². The molecule has 1 unspecified atom stereocenters. The van der Waals surface area contributed by atoms with Crippen LogP contribution in [0.3, 0.4) is 0 Å². The first-order valence-electron chi connectivity index (χ1n) is 14.4. The molecular formula is C26H42N5O11P+2. The van der Waals surface area contributed by atoms with Crippen LogP contribution in [-0.4, -0.2) is 91.2 Å². The Morgan fingerprint density at radius 2 is 1.42 bits per heavy atom. The minimum Gasteiger partial charge on any atom is -0.394 e. The molecule has 0 bridgehead atoms. The predicted octanol–water partition coefficient (Wildman–Crippen LogP) is -0.199. The number of nitrogens with zero attached hydrogens (tertiary/aromatic N) is 3. The molecule has 0 radical (unpaired) electrons. The van der Waals surface area contributed by atoms with E-state index in [1.165, 1.54) is 21.5 Å². The van der Waals surface area contributed by atoms with Gasteiger partial charge in [-0.25, -0.2) is 9.59 Å². The van der Waals surface area contributed by atoms with E-state index < -0.39 is 74.6 Å². The molecule has 2 aliphatic rings. The number of hydroxylamine groups is 3. The maximum absolute atomic E-state index is 12.5. The maximum atomic E-state index is 12.5. The fourth-order valence-corrected chi connectivity index (χ4v) is 6.84. The topological polar surface area (TPSA) is 196 Å². The first kappa shape index (κ1) is 33.4. The Hall–Kier alpha value is -2.53. The van der Waals surface area contributed by atoms with E-state index in [9.17, 15) is 29.4 Å². The van der Waals surface area contributed by atoms with Crippen molar-refractivity contribution in [3.63, 3.8) is 0 Å². The van der Waals surface area contributed by atoms with Gasteiger partial charge in [-0.3, -0.25) is 28.7 Å². The number of nitrogens with one attached hydrogen (secondary N) is 2. The molecule has 17 heteroatoms. The summed E-state index contributed by atoms with van der Waals surface area (Å²) in [6.07, 6.45) is -1.91. The summed E-state index contributed by atoms with van der Waals surface area (Å²) in [7, 11) is -2.57. The molecule has 0 spiro atoms. The quantitative estimate of drug-likeness (QED) is 0.130. The largest absolute Gasteiger partial charge is 0.465 e. The third-order valence-corrected chi connectivity index (χ3v) is 9.52. The average Bonchev–Trinajstić information content (AvgIpc) is 3.56. The van der Waals surface area contributed by atoms with Crippen molar-refractivity contribution >= 4 is 8.60 Å². The summed E-state index contributed by atoms with van der Waals surface area (Å²) in [5, 5.41) is 20.8. The Balaban J connectivity index is 1.51. The van der Waals surface area contributed by atoms with Gasteiger partial charge in [0, 0.05) is 41.0 Å². The van der Waals surface area contributed by atoms with Crippen LogP contribution in [0.2, 0.25) is 0 Å². The van der Waals surface area contributed by atoms with Crippen molar-refractivity contribution < 1.29 is 38.0 Å². The number of aliphatic hydroxyl groups excluding tert-OH is 2. The maximum Gasteiger partial charge on any atom is 0.465 e. The van der Waals surface area contributed by atoms with Gasteiger partial charge in [-0.05, 0) is 34.6 Å². The molecule has 2 saturated heterocycles. The van der Waals surface area contributed by atoms with Crippen molar-refractivity contribution in [2.24, 2.45) is 0 Å². The van der Waals surface area contributed by atoms with Gasteiger partial charge in [0.05, 0.1) is 12.7 Å². The monoisotopic (exact) mass is 631 g/mol. The summed E-state index contributed by atoms with van der Waals surface area (Å²) in [5.41, 5.74) is -1.63. The van der Waals surface area contributed by atoms with E-state index in [2.05, 4.69) is 9.97 Å². The number of hydrogen-bond acceptors (Lipinski definition) is 11. The Kier molecular flexibility index (Phi) is 10.9.